The van der Waals surface area contributed by atoms with Gasteiger partial charge in [0.15, 0.2) is 0 Å². The number of esters is 2. The summed E-state index contributed by atoms with van der Waals surface area (Å²) >= 11 is 1.66. The minimum absolute atomic E-state index is 0.261. The summed E-state index contributed by atoms with van der Waals surface area (Å²) in [6, 6.07) is 9.34. The quantitative estimate of drug-likeness (QED) is 0.435. The van der Waals surface area contributed by atoms with Gasteiger partial charge < -0.3 is 9.47 Å². The van der Waals surface area contributed by atoms with Crippen molar-refractivity contribution in [1.29, 1.82) is 0 Å². The van der Waals surface area contributed by atoms with E-state index in [1.54, 1.807) is 11.8 Å². The van der Waals surface area contributed by atoms with E-state index in [2.05, 4.69) is 11.9 Å². The van der Waals surface area contributed by atoms with Crippen molar-refractivity contribution in [1.82, 2.24) is 5.32 Å². The molecule has 0 radical (unpaired) electrons. The highest BCUT2D eigenvalue weighted by atomic mass is 32.2. The minimum atomic E-state index is -0.964. The second-order valence-electron chi connectivity index (χ2n) is 7.20. The van der Waals surface area contributed by atoms with Crippen LogP contribution in [-0.4, -0.2) is 41.2 Å². The Morgan fingerprint density at radius 2 is 2.19 bits per heavy atom. The van der Waals surface area contributed by atoms with Gasteiger partial charge in [0.25, 0.3) is 0 Å². The van der Waals surface area contributed by atoms with Crippen LogP contribution in [0.4, 0.5) is 0 Å². The standard InChI is InChI=1S/C20H25NO5S/c1-4-15(25-19(23)17-20(2,3)27-12-21-17)24-16-11-14(18(22)26-16)10-13-8-6-5-7-9-13/h4-9,14-17,21H,1,10-12H2,2-3H3/t14-,15?,16+,17-/m1/s1. The van der Waals surface area contributed by atoms with E-state index in [0.717, 1.165) is 5.56 Å². The van der Waals surface area contributed by atoms with E-state index in [1.807, 2.05) is 44.2 Å². The average Bonchev–Trinajstić information content (AvgIpc) is 3.16. The van der Waals surface area contributed by atoms with E-state index in [4.69, 9.17) is 14.2 Å². The molecule has 4 atom stereocenters. The van der Waals surface area contributed by atoms with Gasteiger partial charge in [-0.25, -0.2) is 0 Å². The van der Waals surface area contributed by atoms with E-state index >= 15 is 0 Å². The number of hydrogen-bond acceptors (Lipinski definition) is 7. The zero-order valence-electron chi connectivity index (χ0n) is 15.6. The van der Waals surface area contributed by atoms with Gasteiger partial charge in [0.05, 0.1) is 5.92 Å². The van der Waals surface area contributed by atoms with Gasteiger partial charge in [-0.2, -0.15) is 0 Å². The number of cyclic esters (lactones) is 1. The van der Waals surface area contributed by atoms with Crippen molar-refractivity contribution >= 4 is 23.7 Å². The van der Waals surface area contributed by atoms with Crippen molar-refractivity contribution in [3.05, 3.63) is 48.6 Å². The maximum Gasteiger partial charge on any atom is 0.327 e. The topological polar surface area (TPSA) is 73.9 Å². The number of nitrogens with one attached hydrogen (secondary N) is 1. The molecule has 0 amide bonds. The molecule has 2 aliphatic rings. The van der Waals surface area contributed by atoms with Crippen LogP contribution in [0.3, 0.4) is 0 Å². The van der Waals surface area contributed by atoms with Gasteiger partial charge in [-0.15, -0.1) is 11.8 Å². The van der Waals surface area contributed by atoms with E-state index < -0.39 is 24.6 Å². The summed E-state index contributed by atoms with van der Waals surface area (Å²) in [5, 5.41) is 3.12. The van der Waals surface area contributed by atoms with Crippen molar-refractivity contribution in [2.24, 2.45) is 5.92 Å². The van der Waals surface area contributed by atoms with Crippen LogP contribution in [0.5, 0.6) is 0 Å². The van der Waals surface area contributed by atoms with Gasteiger partial charge >= 0.3 is 11.9 Å². The maximum atomic E-state index is 12.4. The molecule has 2 heterocycles. The predicted molar refractivity (Wildman–Crippen MR) is 103 cm³/mol. The summed E-state index contributed by atoms with van der Waals surface area (Å²) in [4.78, 5) is 24.6. The van der Waals surface area contributed by atoms with E-state index in [-0.39, 0.29) is 16.6 Å². The minimum Gasteiger partial charge on any atom is -0.435 e. The first-order chi connectivity index (χ1) is 12.9. The largest absolute Gasteiger partial charge is 0.435 e. The molecular weight excluding hydrogens is 366 g/mol. The van der Waals surface area contributed by atoms with Crippen molar-refractivity contribution in [3.63, 3.8) is 0 Å². The molecule has 7 heteroatoms. The molecule has 0 saturated carbocycles. The van der Waals surface area contributed by atoms with Gasteiger partial charge in [0, 0.05) is 17.0 Å². The lowest BCUT2D eigenvalue weighted by Crippen LogP contribution is -2.46. The zero-order chi connectivity index (χ0) is 19.4. The molecule has 2 fully saturated rings. The van der Waals surface area contributed by atoms with E-state index in [1.165, 1.54) is 6.08 Å². The fraction of sp³-hybridized carbons (Fsp3) is 0.500. The molecule has 3 rings (SSSR count). The van der Waals surface area contributed by atoms with Gasteiger partial charge in [-0.05, 0) is 31.9 Å². The maximum absolute atomic E-state index is 12.4. The van der Waals surface area contributed by atoms with Gasteiger partial charge in [-0.1, -0.05) is 36.9 Å². The molecule has 1 aromatic rings. The first kappa shape index (κ1) is 19.9. The van der Waals surface area contributed by atoms with Crippen LogP contribution >= 0.6 is 11.8 Å². The van der Waals surface area contributed by atoms with Crippen LogP contribution in [-0.2, 0) is 30.2 Å². The Morgan fingerprint density at radius 1 is 1.44 bits per heavy atom. The Labute approximate surface area is 163 Å². The van der Waals surface area contributed by atoms with Gasteiger partial charge in [0.1, 0.15) is 6.04 Å². The van der Waals surface area contributed by atoms with Crippen molar-refractivity contribution in [3.8, 4) is 0 Å². The van der Waals surface area contributed by atoms with E-state index in [0.29, 0.717) is 18.7 Å². The summed E-state index contributed by atoms with van der Waals surface area (Å²) in [6.45, 7) is 7.63. The lowest BCUT2D eigenvalue weighted by atomic mass is 9.98. The van der Waals surface area contributed by atoms with Crippen molar-refractivity contribution < 1.29 is 23.8 Å². The fourth-order valence-electron chi connectivity index (χ4n) is 3.22. The van der Waals surface area contributed by atoms with E-state index in [9.17, 15) is 9.59 Å². The molecule has 2 saturated heterocycles. The summed E-state index contributed by atoms with van der Waals surface area (Å²) in [6.07, 6.45) is 0.689. The lowest BCUT2D eigenvalue weighted by molar-refractivity contribution is -0.214. The van der Waals surface area contributed by atoms with Crippen LogP contribution in [0.15, 0.2) is 43.0 Å². The summed E-state index contributed by atoms with van der Waals surface area (Å²) in [5.41, 5.74) is 1.07. The zero-order valence-corrected chi connectivity index (χ0v) is 16.4. The second-order valence-corrected chi connectivity index (χ2v) is 8.82. The first-order valence-electron chi connectivity index (χ1n) is 8.99. The van der Waals surface area contributed by atoms with Gasteiger partial charge in [0.2, 0.25) is 12.6 Å². The second kappa shape index (κ2) is 8.46. The highest BCUT2D eigenvalue weighted by Gasteiger charge is 2.42. The monoisotopic (exact) mass is 391 g/mol. The smallest absolute Gasteiger partial charge is 0.327 e. The molecule has 1 unspecified atom stereocenters. The number of carbonyl (C=O) groups excluding carboxylic acids is 2. The first-order valence-corrected chi connectivity index (χ1v) is 9.98. The molecule has 0 aliphatic carbocycles. The molecule has 0 aromatic heterocycles. The number of ether oxygens (including phenoxy) is 3. The lowest BCUT2D eigenvalue weighted by Gasteiger charge is -2.26. The summed E-state index contributed by atoms with van der Waals surface area (Å²) in [5.74, 6) is -0.285. The third-order valence-electron chi connectivity index (χ3n) is 4.76. The molecule has 0 bridgehead atoms. The predicted octanol–water partition coefficient (Wildman–Crippen LogP) is 2.63. The fourth-order valence-corrected chi connectivity index (χ4v) is 4.19. The van der Waals surface area contributed by atoms with Crippen LogP contribution in [0.25, 0.3) is 0 Å². The highest BCUT2D eigenvalue weighted by Crippen LogP contribution is 2.34. The Bertz CT molecular complexity index is 693. The van der Waals surface area contributed by atoms with Crippen LogP contribution in [0, 0.1) is 5.92 Å². The number of hydrogen-bond donors (Lipinski definition) is 1. The molecule has 2 aliphatic heterocycles. The average molecular weight is 391 g/mol. The van der Waals surface area contributed by atoms with Crippen molar-refractivity contribution in [2.45, 2.75) is 50.1 Å². The molecule has 0 spiro atoms. The summed E-state index contributed by atoms with van der Waals surface area (Å²) < 4.78 is 16.1. The van der Waals surface area contributed by atoms with Crippen LogP contribution in [0.1, 0.15) is 25.8 Å². The van der Waals surface area contributed by atoms with Crippen molar-refractivity contribution in [2.75, 3.05) is 5.88 Å². The summed E-state index contributed by atoms with van der Waals surface area (Å²) in [7, 11) is 0. The number of rotatable bonds is 7. The normalized spacial score (nSPS) is 27.8. The van der Waals surface area contributed by atoms with Crippen LogP contribution < -0.4 is 5.32 Å². The number of benzene rings is 1. The molecular formula is C20H25NO5S. The molecule has 27 heavy (non-hydrogen) atoms. The Balaban J connectivity index is 1.53. The third kappa shape index (κ3) is 4.91. The SMILES string of the molecule is C=CC(OC(=O)[C@H]1NCSC1(C)C)O[C@@H]1C[C@@H](Cc2ccccc2)C(=O)O1. The molecule has 1 aromatic carbocycles. The highest BCUT2D eigenvalue weighted by molar-refractivity contribution is 8.00. The Kier molecular flexibility index (Phi) is 6.24. The molecule has 146 valence electrons. The van der Waals surface area contributed by atoms with Gasteiger partial charge in [-0.3, -0.25) is 19.6 Å². The molecule has 6 nitrogen and oxygen atoms in total. The number of thioether (sulfide) groups is 1. The Hall–Kier alpha value is -1.83. The molecule has 1 N–H and O–H groups in total. The third-order valence-corrected chi connectivity index (χ3v) is 6.05. The van der Waals surface area contributed by atoms with Crippen LogP contribution in [0.2, 0.25) is 0 Å². The Morgan fingerprint density at radius 3 is 2.81 bits per heavy atom. The number of carbonyl (C=O) groups is 2.